The summed E-state index contributed by atoms with van der Waals surface area (Å²) in [5, 5.41) is 8.87. The van der Waals surface area contributed by atoms with Gasteiger partial charge in [0.05, 0.1) is 18.2 Å². The van der Waals surface area contributed by atoms with E-state index in [1.54, 1.807) is 36.3 Å². The summed E-state index contributed by atoms with van der Waals surface area (Å²) in [5.74, 6) is 0.336. The lowest BCUT2D eigenvalue weighted by molar-refractivity contribution is 0.0672. The molecular formula is C15H20N2O2. The summed E-state index contributed by atoms with van der Waals surface area (Å²) >= 11 is 0. The zero-order valence-electron chi connectivity index (χ0n) is 11.7. The van der Waals surface area contributed by atoms with Crippen LogP contribution in [0.15, 0.2) is 24.3 Å². The minimum Gasteiger partial charge on any atom is -0.383 e. The lowest BCUT2D eigenvalue weighted by Gasteiger charge is -2.24. The number of amides is 1. The Balaban J connectivity index is 2.87. The number of benzene rings is 1. The molecule has 0 radical (unpaired) electrons. The van der Waals surface area contributed by atoms with Crippen molar-refractivity contribution in [1.29, 1.82) is 5.26 Å². The van der Waals surface area contributed by atoms with Gasteiger partial charge < -0.3 is 9.64 Å². The fourth-order valence-electron chi connectivity index (χ4n) is 1.82. The van der Waals surface area contributed by atoms with Crippen molar-refractivity contribution in [2.24, 2.45) is 5.92 Å². The van der Waals surface area contributed by atoms with E-state index in [2.05, 4.69) is 13.8 Å². The van der Waals surface area contributed by atoms with Gasteiger partial charge in [0.15, 0.2) is 0 Å². The van der Waals surface area contributed by atoms with E-state index < -0.39 is 0 Å². The lowest BCUT2D eigenvalue weighted by Crippen LogP contribution is -2.36. The van der Waals surface area contributed by atoms with Gasteiger partial charge in [-0.15, -0.1) is 0 Å². The molecule has 0 saturated carbocycles. The Morgan fingerprint density at radius 2 is 2.21 bits per heavy atom. The second-order valence-corrected chi connectivity index (χ2v) is 4.83. The first-order valence-corrected chi connectivity index (χ1v) is 6.37. The topological polar surface area (TPSA) is 53.3 Å². The van der Waals surface area contributed by atoms with Crippen molar-refractivity contribution in [3.63, 3.8) is 0 Å². The molecule has 0 aliphatic rings. The number of hydrogen-bond acceptors (Lipinski definition) is 3. The van der Waals surface area contributed by atoms with Gasteiger partial charge in [0.2, 0.25) is 0 Å². The Hall–Kier alpha value is -1.86. The van der Waals surface area contributed by atoms with Crippen LogP contribution in [0.1, 0.15) is 29.8 Å². The number of methoxy groups -OCH3 is 1. The van der Waals surface area contributed by atoms with E-state index in [0.29, 0.717) is 36.7 Å². The van der Waals surface area contributed by atoms with Crippen molar-refractivity contribution in [3.8, 4) is 6.07 Å². The monoisotopic (exact) mass is 260 g/mol. The third kappa shape index (κ3) is 4.72. The van der Waals surface area contributed by atoms with Gasteiger partial charge in [-0.2, -0.15) is 5.26 Å². The first-order valence-electron chi connectivity index (χ1n) is 6.37. The summed E-state index contributed by atoms with van der Waals surface area (Å²) in [6.07, 6.45) is 0. The largest absolute Gasteiger partial charge is 0.383 e. The van der Waals surface area contributed by atoms with Crippen molar-refractivity contribution < 1.29 is 9.53 Å². The standard InChI is InChI=1S/C15H20N2O2/c1-12(2)11-17(7-8-19-3)15(18)14-6-4-5-13(9-14)10-16/h4-6,9,12H,7-8,11H2,1-3H3. The molecule has 4 heteroatoms. The zero-order valence-corrected chi connectivity index (χ0v) is 11.7. The highest BCUT2D eigenvalue weighted by Crippen LogP contribution is 2.10. The zero-order chi connectivity index (χ0) is 14.3. The number of nitriles is 1. The van der Waals surface area contributed by atoms with Crippen LogP contribution < -0.4 is 0 Å². The molecule has 0 aliphatic carbocycles. The summed E-state index contributed by atoms with van der Waals surface area (Å²) in [7, 11) is 1.62. The van der Waals surface area contributed by atoms with Crippen LogP contribution in [0, 0.1) is 17.2 Å². The predicted molar refractivity (Wildman–Crippen MR) is 73.8 cm³/mol. The Bertz CT molecular complexity index is 463. The molecule has 0 heterocycles. The maximum atomic E-state index is 12.4. The first-order chi connectivity index (χ1) is 9.08. The van der Waals surface area contributed by atoms with E-state index in [4.69, 9.17) is 10.00 Å². The summed E-state index contributed by atoms with van der Waals surface area (Å²) in [6.45, 7) is 5.89. The van der Waals surface area contributed by atoms with Crippen LogP contribution in [0.2, 0.25) is 0 Å². The molecule has 1 rings (SSSR count). The van der Waals surface area contributed by atoms with E-state index in [-0.39, 0.29) is 5.91 Å². The molecule has 0 spiro atoms. The van der Waals surface area contributed by atoms with Crippen LogP contribution >= 0.6 is 0 Å². The molecule has 0 atom stereocenters. The van der Waals surface area contributed by atoms with Crippen molar-refractivity contribution in [2.75, 3.05) is 26.8 Å². The molecule has 1 aromatic carbocycles. The van der Waals surface area contributed by atoms with Crippen LogP contribution in [-0.4, -0.2) is 37.6 Å². The van der Waals surface area contributed by atoms with Crippen LogP contribution in [-0.2, 0) is 4.74 Å². The van der Waals surface area contributed by atoms with Crippen molar-refractivity contribution >= 4 is 5.91 Å². The highest BCUT2D eigenvalue weighted by Gasteiger charge is 2.16. The van der Waals surface area contributed by atoms with Crippen LogP contribution in [0.3, 0.4) is 0 Å². The Kier molecular flexibility index (Phi) is 6.04. The maximum Gasteiger partial charge on any atom is 0.253 e. The quantitative estimate of drug-likeness (QED) is 0.788. The molecule has 0 saturated heterocycles. The van der Waals surface area contributed by atoms with Gasteiger partial charge >= 0.3 is 0 Å². The Morgan fingerprint density at radius 1 is 1.47 bits per heavy atom. The minimum atomic E-state index is -0.0529. The van der Waals surface area contributed by atoms with E-state index >= 15 is 0 Å². The van der Waals surface area contributed by atoms with Crippen LogP contribution in [0.4, 0.5) is 0 Å². The number of nitrogens with zero attached hydrogens (tertiary/aromatic N) is 2. The molecule has 0 N–H and O–H groups in total. The van der Waals surface area contributed by atoms with Gasteiger partial charge in [0, 0.05) is 25.8 Å². The number of rotatable bonds is 6. The summed E-state index contributed by atoms with van der Waals surface area (Å²) < 4.78 is 5.04. The molecule has 0 aromatic heterocycles. The number of hydrogen-bond donors (Lipinski definition) is 0. The normalized spacial score (nSPS) is 10.3. The highest BCUT2D eigenvalue weighted by molar-refractivity contribution is 5.94. The number of carbonyl (C=O) groups is 1. The van der Waals surface area contributed by atoms with Gasteiger partial charge in [-0.25, -0.2) is 0 Å². The van der Waals surface area contributed by atoms with Crippen molar-refractivity contribution in [2.45, 2.75) is 13.8 Å². The molecule has 1 aromatic rings. The number of carbonyl (C=O) groups excluding carboxylic acids is 1. The molecule has 0 bridgehead atoms. The molecule has 102 valence electrons. The molecule has 4 nitrogen and oxygen atoms in total. The smallest absolute Gasteiger partial charge is 0.253 e. The van der Waals surface area contributed by atoms with Crippen LogP contribution in [0.25, 0.3) is 0 Å². The van der Waals surface area contributed by atoms with Gasteiger partial charge in [0.1, 0.15) is 0 Å². The molecule has 19 heavy (non-hydrogen) atoms. The van der Waals surface area contributed by atoms with Gasteiger partial charge in [-0.3, -0.25) is 4.79 Å². The minimum absolute atomic E-state index is 0.0529. The van der Waals surface area contributed by atoms with E-state index in [1.807, 2.05) is 6.07 Å². The molecule has 0 aliphatic heterocycles. The predicted octanol–water partition coefficient (Wildman–Crippen LogP) is 2.30. The maximum absolute atomic E-state index is 12.4. The van der Waals surface area contributed by atoms with E-state index in [1.165, 1.54) is 0 Å². The average Bonchev–Trinajstić information content (AvgIpc) is 2.42. The van der Waals surface area contributed by atoms with E-state index in [0.717, 1.165) is 0 Å². The molecule has 0 fully saturated rings. The first kappa shape index (κ1) is 15.2. The third-order valence-electron chi connectivity index (χ3n) is 2.68. The van der Waals surface area contributed by atoms with Crippen molar-refractivity contribution in [3.05, 3.63) is 35.4 Å². The fraction of sp³-hybridized carbons (Fsp3) is 0.467. The van der Waals surface area contributed by atoms with Gasteiger partial charge in [-0.05, 0) is 24.1 Å². The second-order valence-electron chi connectivity index (χ2n) is 4.83. The second kappa shape index (κ2) is 7.55. The molecule has 0 unspecified atom stereocenters. The van der Waals surface area contributed by atoms with E-state index in [9.17, 15) is 4.79 Å². The van der Waals surface area contributed by atoms with Crippen LogP contribution in [0.5, 0.6) is 0 Å². The average molecular weight is 260 g/mol. The molecular weight excluding hydrogens is 240 g/mol. The SMILES string of the molecule is COCCN(CC(C)C)C(=O)c1cccc(C#N)c1. The number of ether oxygens (including phenoxy) is 1. The summed E-state index contributed by atoms with van der Waals surface area (Å²) in [4.78, 5) is 14.2. The Labute approximate surface area is 114 Å². The highest BCUT2D eigenvalue weighted by atomic mass is 16.5. The van der Waals surface area contributed by atoms with Crippen molar-refractivity contribution in [1.82, 2.24) is 4.90 Å². The summed E-state index contributed by atoms with van der Waals surface area (Å²) in [5.41, 5.74) is 1.05. The fourth-order valence-corrected chi connectivity index (χ4v) is 1.82. The van der Waals surface area contributed by atoms with Gasteiger partial charge in [-0.1, -0.05) is 19.9 Å². The Morgan fingerprint density at radius 3 is 2.79 bits per heavy atom. The lowest BCUT2D eigenvalue weighted by atomic mass is 10.1. The third-order valence-corrected chi connectivity index (χ3v) is 2.68. The van der Waals surface area contributed by atoms with Gasteiger partial charge in [0.25, 0.3) is 5.91 Å². The summed E-state index contributed by atoms with van der Waals surface area (Å²) in [6, 6.07) is 8.84. The molecule has 1 amide bonds.